The summed E-state index contributed by atoms with van der Waals surface area (Å²) in [6.07, 6.45) is 0.905. The van der Waals surface area contributed by atoms with Gasteiger partial charge in [-0.25, -0.2) is 17.6 Å². The highest BCUT2D eigenvalue weighted by atomic mass is 19.2. The number of hydrogen-bond acceptors (Lipinski definition) is 4. The van der Waals surface area contributed by atoms with E-state index in [1.807, 2.05) is 0 Å². The zero-order chi connectivity index (χ0) is 18.2. The Hall–Kier alpha value is -2.98. The molecule has 1 amide bonds. The van der Waals surface area contributed by atoms with Gasteiger partial charge >= 0.3 is 5.69 Å². The van der Waals surface area contributed by atoms with E-state index in [1.165, 1.54) is 13.8 Å². The number of nitro groups is 1. The minimum Gasteiger partial charge on any atom is -0.319 e. The van der Waals surface area contributed by atoms with Crippen LogP contribution in [0.25, 0.3) is 0 Å². The van der Waals surface area contributed by atoms with Crippen molar-refractivity contribution in [3.05, 3.63) is 51.3 Å². The van der Waals surface area contributed by atoms with Gasteiger partial charge in [0, 0.05) is 6.07 Å². The van der Waals surface area contributed by atoms with Crippen LogP contribution in [0.3, 0.4) is 0 Å². The molecule has 1 aromatic heterocycles. The molecule has 0 radical (unpaired) electrons. The molecule has 0 aliphatic heterocycles. The molecule has 0 aliphatic rings. The summed E-state index contributed by atoms with van der Waals surface area (Å²) in [4.78, 5) is 22.1. The van der Waals surface area contributed by atoms with Gasteiger partial charge in [-0.1, -0.05) is 0 Å². The lowest BCUT2D eigenvalue weighted by Crippen LogP contribution is -2.26. The zero-order valence-corrected chi connectivity index (χ0v) is 12.3. The second kappa shape index (κ2) is 6.26. The zero-order valence-electron chi connectivity index (χ0n) is 12.3. The van der Waals surface area contributed by atoms with Gasteiger partial charge in [0.1, 0.15) is 23.6 Å². The van der Waals surface area contributed by atoms with Crippen molar-refractivity contribution < 1.29 is 27.3 Å². The number of benzene rings is 1. The highest BCUT2D eigenvalue weighted by molar-refractivity contribution is 5.93. The molecule has 0 aliphatic carbocycles. The predicted molar refractivity (Wildman–Crippen MR) is 73.2 cm³/mol. The van der Waals surface area contributed by atoms with Gasteiger partial charge in [-0.05, 0) is 13.8 Å². The van der Waals surface area contributed by atoms with Crippen LogP contribution in [0, 0.1) is 40.3 Å². The smallest absolute Gasteiger partial charge is 0.309 e. The molecule has 2 aromatic rings. The van der Waals surface area contributed by atoms with E-state index in [-0.39, 0.29) is 17.4 Å². The van der Waals surface area contributed by atoms with Gasteiger partial charge in [-0.2, -0.15) is 5.10 Å². The van der Waals surface area contributed by atoms with E-state index in [0.29, 0.717) is 0 Å². The first-order valence-electron chi connectivity index (χ1n) is 6.47. The molecule has 0 fully saturated rings. The summed E-state index contributed by atoms with van der Waals surface area (Å²) < 4.78 is 54.3. The van der Waals surface area contributed by atoms with Crippen molar-refractivity contribution in [2.45, 2.75) is 19.9 Å². The highest BCUT2D eigenvalue weighted by Gasteiger charge is 2.27. The Balaban J connectivity index is 2.33. The van der Waals surface area contributed by atoms with Gasteiger partial charge in [0.05, 0.1) is 4.92 Å². The molecule has 24 heavy (non-hydrogen) atoms. The average Bonchev–Trinajstić information content (AvgIpc) is 2.90. The van der Waals surface area contributed by atoms with E-state index >= 15 is 0 Å². The third kappa shape index (κ3) is 2.92. The van der Waals surface area contributed by atoms with Crippen LogP contribution in [0.4, 0.5) is 28.9 Å². The fourth-order valence-electron chi connectivity index (χ4n) is 2.01. The Morgan fingerprint density at radius 1 is 1.29 bits per heavy atom. The van der Waals surface area contributed by atoms with Crippen molar-refractivity contribution in [3.63, 3.8) is 0 Å². The summed E-state index contributed by atoms with van der Waals surface area (Å²) in [5.41, 5.74) is -1.62. The monoisotopic (exact) mass is 346 g/mol. The van der Waals surface area contributed by atoms with E-state index in [0.717, 1.165) is 10.9 Å². The minimum atomic E-state index is -1.77. The van der Waals surface area contributed by atoms with Gasteiger partial charge in [-0.3, -0.25) is 19.6 Å². The predicted octanol–water partition coefficient (Wildman–Crippen LogP) is 2.86. The fraction of sp³-hybridized carbons (Fsp3) is 0.231. The van der Waals surface area contributed by atoms with Crippen LogP contribution >= 0.6 is 0 Å². The Kier molecular flexibility index (Phi) is 4.53. The van der Waals surface area contributed by atoms with Crippen LogP contribution in [-0.4, -0.2) is 20.6 Å². The fourth-order valence-corrected chi connectivity index (χ4v) is 2.01. The summed E-state index contributed by atoms with van der Waals surface area (Å²) in [6.45, 7) is 2.56. The molecule has 1 atom stereocenters. The molecule has 128 valence electrons. The van der Waals surface area contributed by atoms with E-state index in [4.69, 9.17) is 0 Å². The molecule has 1 heterocycles. The number of rotatable bonds is 4. The van der Waals surface area contributed by atoms with Crippen LogP contribution in [0.15, 0.2) is 12.3 Å². The van der Waals surface area contributed by atoms with Gasteiger partial charge in [0.2, 0.25) is 5.91 Å². The lowest BCUT2D eigenvalue weighted by atomic mass is 10.2. The summed E-state index contributed by atoms with van der Waals surface area (Å²) in [7, 11) is 0. The number of carbonyl (C=O) groups is 1. The number of nitrogens with zero attached hydrogens (tertiary/aromatic N) is 3. The number of carbonyl (C=O) groups excluding carboxylic acids is 1. The third-order valence-corrected chi connectivity index (χ3v) is 3.32. The molecule has 0 saturated carbocycles. The van der Waals surface area contributed by atoms with E-state index in [2.05, 4.69) is 5.10 Å². The Labute approximate surface area is 132 Å². The summed E-state index contributed by atoms with van der Waals surface area (Å²) >= 11 is 0. The molecular formula is C13H10F4N4O3. The molecular weight excluding hydrogens is 336 g/mol. The Morgan fingerprint density at radius 2 is 1.83 bits per heavy atom. The maximum Gasteiger partial charge on any atom is 0.309 e. The molecule has 2 rings (SSSR count). The van der Waals surface area contributed by atoms with Crippen molar-refractivity contribution in [2.75, 3.05) is 5.32 Å². The van der Waals surface area contributed by atoms with E-state index in [9.17, 15) is 32.5 Å². The number of nitrogens with one attached hydrogen (secondary N) is 1. The summed E-state index contributed by atoms with van der Waals surface area (Å²) in [5, 5.41) is 16.1. The first-order chi connectivity index (χ1) is 11.1. The third-order valence-electron chi connectivity index (χ3n) is 3.32. The highest BCUT2D eigenvalue weighted by Crippen LogP contribution is 2.26. The van der Waals surface area contributed by atoms with Crippen molar-refractivity contribution in [1.82, 2.24) is 9.78 Å². The van der Waals surface area contributed by atoms with Crippen molar-refractivity contribution >= 4 is 17.3 Å². The topological polar surface area (TPSA) is 90.1 Å². The standard InChI is InChI=1S/C13H10F4N4O3/c1-5-9(21(23)24)4-18-20(5)6(2)13(22)19-12-10(16)7(14)3-8(15)11(12)17/h3-4,6H,1-2H3,(H,19,22). The van der Waals surface area contributed by atoms with Gasteiger partial charge in [0.15, 0.2) is 23.3 Å². The van der Waals surface area contributed by atoms with Crippen LogP contribution < -0.4 is 5.32 Å². The lowest BCUT2D eigenvalue weighted by Gasteiger charge is -2.15. The molecule has 0 spiro atoms. The molecule has 0 bridgehead atoms. The molecule has 0 saturated heterocycles. The van der Waals surface area contributed by atoms with Gasteiger partial charge < -0.3 is 5.32 Å². The number of aromatic nitrogens is 2. The van der Waals surface area contributed by atoms with Crippen molar-refractivity contribution in [1.29, 1.82) is 0 Å². The van der Waals surface area contributed by atoms with Crippen LogP contribution in [0.1, 0.15) is 18.7 Å². The number of hydrogen-bond donors (Lipinski definition) is 1. The summed E-state index contributed by atoms with van der Waals surface area (Å²) in [5.74, 6) is -7.96. The second-order valence-corrected chi connectivity index (χ2v) is 4.83. The van der Waals surface area contributed by atoms with Crippen molar-refractivity contribution in [3.8, 4) is 0 Å². The quantitative estimate of drug-likeness (QED) is 0.399. The molecule has 1 N–H and O–H groups in total. The van der Waals surface area contributed by atoms with E-state index < -0.39 is 45.8 Å². The average molecular weight is 346 g/mol. The van der Waals surface area contributed by atoms with Crippen LogP contribution in [-0.2, 0) is 4.79 Å². The van der Waals surface area contributed by atoms with Crippen LogP contribution in [0.5, 0.6) is 0 Å². The first-order valence-corrected chi connectivity index (χ1v) is 6.47. The number of anilines is 1. The number of amides is 1. The first kappa shape index (κ1) is 17.4. The molecule has 1 aromatic carbocycles. The number of halogens is 4. The normalized spacial score (nSPS) is 12.1. The maximum absolute atomic E-state index is 13.5. The molecule has 11 heteroatoms. The largest absolute Gasteiger partial charge is 0.319 e. The Bertz CT molecular complexity index is 811. The van der Waals surface area contributed by atoms with Gasteiger partial charge in [-0.15, -0.1) is 0 Å². The molecule has 1 unspecified atom stereocenters. The van der Waals surface area contributed by atoms with Gasteiger partial charge in [0.25, 0.3) is 0 Å². The van der Waals surface area contributed by atoms with Crippen molar-refractivity contribution in [2.24, 2.45) is 0 Å². The lowest BCUT2D eigenvalue weighted by molar-refractivity contribution is -0.385. The molecule has 7 nitrogen and oxygen atoms in total. The summed E-state index contributed by atoms with van der Waals surface area (Å²) in [6, 6.07) is -1.23. The SMILES string of the molecule is Cc1c([N+](=O)[O-])cnn1C(C)C(=O)Nc1c(F)c(F)cc(F)c1F. The van der Waals surface area contributed by atoms with Crippen LogP contribution in [0.2, 0.25) is 0 Å². The second-order valence-electron chi connectivity index (χ2n) is 4.83. The Morgan fingerprint density at radius 3 is 2.29 bits per heavy atom. The maximum atomic E-state index is 13.5. The van der Waals surface area contributed by atoms with E-state index in [1.54, 1.807) is 5.32 Å². The minimum absolute atomic E-state index is 0.00472.